The van der Waals surface area contributed by atoms with Crippen molar-refractivity contribution >= 4 is 11.8 Å². The van der Waals surface area contributed by atoms with Gasteiger partial charge in [0.25, 0.3) is 0 Å². The van der Waals surface area contributed by atoms with Gasteiger partial charge in [-0.15, -0.1) is 0 Å². The Morgan fingerprint density at radius 3 is 2.53 bits per heavy atom. The fourth-order valence-corrected chi connectivity index (χ4v) is 1.40. The first-order valence-electron chi connectivity index (χ1n) is 4.65. The van der Waals surface area contributed by atoms with E-state index in [1.54, 1.807) is 0 Å². The molecule has 1 amide bonds. The lowest BCUT2D eigenvalue weighted by molar-refractivity contribution is 0.187. The Morgan fingerprint density at radius 2 is 2.00 bits per heavy atom. The van der Waals surface area contributed by atoms with Crippen LogP contribution >= 0.6 is 0 Å². The average molecular weight is 209 g/mol. The molecule has 4 heteroatoms. The van der Waals surface area contributed by atoms with Crippen LogP contribution in [0.2, 0.25) is 0 Å². The molecule has 0 aliphatic carbocycles. The Labute approximate surface area is 88.9 Å². The van der Waals surface area contributed by atoms with Crippen molar-refractivity contribution in [1.82, 2.24) is 0 Å². The number of amides is 1. The molecule has 2 N–H and O–H groups in total. The molecule has 0 bridgehead atoms. The summed E-state index contributed by atoms with van der Waals surface area (Å²) in [6.45, 7) is 3.64. The van der Waals surface area contributed by atoms with Gasteiger partial charge >= 0.3 is 6.09 Å². The predicted octanol–water partition coefficient (Wildman–Crippen LogP) is 1.97. The van der Waals surface area contributed by atoms with Crippen LogP contribution in [0.3, 0.4) is 0 Å². The number of aliphatic hydroxyl groups excluding tert-OH is 1. The van der Waals surface area contributed by atoms with Crippen molar-refractivity contribution in [1.29, 1.82) is 0 Å². The van der Waals surface area contributed by atoms with E-state index in [4.69, 9.17) is 0 Å². The van der Waals surface area contributed by atoms with E-state index < -0.39 is 6.09 Å². The molecule has 1 aromatic rings. The van der Waals surface area contributed by atoms with Crippen molar-refractivity contribution in [2.75, 3.05) is 12.4 Å². The molecule has 0 aliphatic heterocycles. The van der Waals surface area contributed by atoms with Gasteiger partial charge in [0.15, 0.2) is 0 Å². The second kappa shape index (κ2) is 4.79. The Hall–Kier alpha value is -1.55. The number of carbonyl (C=O) groups is 1. The summed E-state index contributed by atoms with van der Waals surface area (Å²) in [6.07, 6.45) is -0.529. The number of ether oxygens (including phenoxy) is 1. The number of nitrogens with one attached hydrogen (secondary N) is 1. The quantitative estimate of drug-likeness (QED) is 0.783. The number of methoxy groups -OCH3 is 1. The van der Waals surface area contributed by atoms with Crippen LogP contribution in [0, 0.1) is 13.8 Å². The fourth-order valence-electron chi connectivity index (χ4n) is 1.40. The summed E-state index contributed by atoms with van der Waals surface area (Å²) < 4.78 is 4.52. The van der Waals surface area contributed by atoms with E-state index in [2.05, 4.69) is 10.1 Å². The highest BCUT2D eigenvalue weighted by atomic mass is 16.5. The predicted molar refractivity (Wildman–Crippen MR) is 57.9 cm³/mol. The Bertz CT molecular complexity index is 374. The van der Waals surface area contributed by atoms with E-state index in [1.807, 2.05) is 26.0 Å². The van der Waals surface area contributed by atoms with Gasteiger partial charge < -0.3 is 9.84 Å². The lowest BCUT2D eigenvalue weighted by Gasteiger charge is -2.13. The maximum Gasteiger partial charge on any atom is 0.411 e. The monoisotopic (exact) mass is 209 g/mol. The standard InChI is InChI=1S/C11H15NO3/c1-7-4-5-8(2)10(9(7)6-13)12-11(14)15-3/h4-5,13H,6H2,1-3H3,(H,12,14). The van der Waals surface area contributed by atoms with Crippen LogP contribution in [0.1, 0.15) is 16.7 Å². The summed E-state index contributed by atoms with van der Waals surface area (Å²) >= 11 is 0. The number of aliphatic hydroxyl groups is 1. The lowest BCUT2D eigenvalue weighted by atomic mass is 10.0. The van der Waals surface area contributed by atoms with Crippen molar-refractivity contribution in [3.8, 4) is 0 Å². The zero-order valence-corrected chi connectivity index (χ0v) is 9.13. The number of hydrogen-bond acceptors (Lipinski definition) is 3. The molecule has 4 nitrogen and oxygen atoms in total. The maximum atomic E-state index is 11.1. The number of carbonyl (C=O) groups excluding carboxylic acids is 1. The smallest absolute Gasteiger partial charge is 0.411 e. The molecule has 0 saturated heterocycles. The third-order valence-corrected chi connectivity index (χ3v) is 2.33. The molecule has 1 rings (SSSR count). The van der Waals surface area contributed by atoms with Gasteiger partial charge in [0.2, 0.25) is 0 Å². The minimum atomic E-state index is -0.529. The zero-order chi connectivity index (χ0) is 11.4. The second-order valence-electron chi connectivity index (χ2n) is 3.33. The van der Waals surface area contributed by atoms with Crippen LogP contribution in [-0.2, 0) is 11.3 Å². The number of hydrogen-bond donors (Lipinski definition) is 2. The van der Waals surface area contributed by atoms with Crippen molar-refractivity contribution in [3.63, 3.8) is 0 Å². The van der Waals surface area contributed by atoms with E-state index in [1.165, 1.54) is 7.11 Å². The van der Waals surface area contributed by atoms with Crippen molar-refractivity contribution in [3.05, 3.63) is 28.8 Å². The minimum Gasteiger partial charge on any atom is -0.453 e. The lowest BCUT2D eigenvalue weighted by Crippen LogP contribution is -2.14. The van der Waals surface area contributed by atoms with Crippen LogP contribution in [-0.4, -0.2) is 18.3 Å². The van der Waals surface area contributed by atoms with Gasteiger partial charge in [0, 0.05) is 5.56 Å². The molecule has 0 aliphatic rings. The molecule has 0 fully saturated rings. The van der Waals surface area contributed by atoms with Crippen LogP contribution in [0.15, 0.2) is 12.1 Å². The van der Waals surface area contributed by atoms with Crippen LogP contribution in [0.25, 0.3) is 0 Å². The fraction of sp³-hybridized carbons (Fsp3) is 0.364. The largest absolute Gasteiger partial charge is 0.453 e. The third kappa shape index (κ3) is 2.47. The first kappa shape index (κ1) is 11.5. The Balaban J connectivity index is 3.13. The van der Waals surface area contributed by atoms with Crippen molar-refractivity contribution in [2.45, 2.75) is 20.5 Å². The molecule has 0 unspecified atom stereocenters. The van der Waals surface area contributed by atoms with Gasteiger partial charge in [-0.25, -0.2) is 4.79 Å². The molecular weight excluding hydrogens is 194 g/mol. The summed E-state index contributed by atoms with van der Waals surface area (Å²) in [6, 6.07) is 3.79. The number of anilines is 1. The highest BCUT2D eigenvalue weighted by molar-refractivity contribution is 5.87. The maximum absolute atomic E-state index is 11.1. The summed E-state index contributed by atoms with van der Waals surface area (Å²) in [5.41, 5.74) is 3.19. The van der Waals surface area contributed by atoms with Gasteiger partial charge in [0.1, 0.15) is 0 Å². The van der Waals surface area contributed by atoms with E-state index >= 15 is 0 Å². The average Bonchev–Trinajstić information content (AvgIpc) is 2.23. The Kier molecular flexibility index (Phi) is 3.68. The topological polar surface area (TPSA) is 58.6 Å². The second-order valence-corrected chi connectivity index (χ2v) is 3.33. The molecule has 0 atom stereocenters. The van der Waals surface area contributed by atoms with Crippen LogP contribution < -0.4 is 5.32 Å². The molecular formula is C11H15NO3. The van der Waals surface area contributed by atoms with E-state index in [0.717, 1.165) is 16.7 Å². The normalized spacial score (nSPS) is 9.87. The molecule has 82 valence electrons. The Morgan fingerprint density at radius 1 is 1.40 bits per heavy atom. The van der Waals surface area contributed by atoms with Gasteiger partial charge in [-0.05, 0) is 25.0 Å². The SMILES string of the molecule is COC(=O)Nc1c(C)ccc(C)c1CO. The summed E-state index contributed by atoms with van der Waals surface area (Å²) in [7, 11) is 1.30. The molecule has 15 heavy (non-hydrogen) atoms. The number of benzene rings is 1. The molecule has 0 aromatic heterocycles. The van der Waals surface area contributed by atoms with Crippen LogP contribution in [0.4, 0.5) is 10.5 Å². The summed E-state index contributed by atoms with van der Waals surface area (Å²) in [5, 5.41) is 11.8. The highest BCUT2D eigenvalue weighted by Crippen LogP contribution is 2.24. The van der Waals surface area contributed by atoms with Crippen molar-refractivity contribution in [2.24, 2.45) is 0 Å². The first-order valence-corrected chi connectivity index (χ1v) is 4.65. The molecule has 1 aromatic carbocycles. The zero-order valence-electron chi connectivity index (χ0n) is 9.13. The molecule has 0 saturated carbocycles. The van der Waals surface area contributed by atoms with Crippen molar-refractivity contribution < 1.29 is 14.6 Å². The van der Waals surface area contributed by atoms with E-state index in [0.29, 0.717) is 5.69 Å². The third-order valence-electron chi connectivity index (χ3n) is 2.33. The molecule has 0 radical (unpaired) electrons. The first-order chi connectivity index (χ1) is 7.10. The van der Waals surface area contributed by atoms with Crippen LogP contribution in [0.5, 0.6) is 0 Å². The number of rotatable bonds is 2. The van der Waals surface area contributed by atoms with E-state index in [-0.39, 0.29) is 6.61 Å². The summed E-state index contributed by atoms with van der Waals surface area (Å²) in [4.78, 5) is 11.1. The highest BCUT2D eigenvalue weighted by Gasteiger charge is 2.10. The van der Waals surface area contributed by atoms with Gasteiger partial charge in [0.05, 0.1) is 19.4 Å². The number of aryl methyl sites for hydroxylation is 2. The molecule has 0 spiro atoms. The summed E-state index contributed by atoms with van der Waals surface area (Å²) in [5.74, 6) is 0. The molecule has 0 heterocycles. The van der Waals surface area contributed by atoms with E-state index in [9.17, 15) is 9.90 Å². The van der Waals surface area contributed by atoms with Gasteiger partial charge in [-0.2, -0.15) is 0 Å². The van der Waals surface area contributed by atoms with Gasteiger partial charge in [-0.3, -0.25) is 5.32 Å². The van der Waals surface area contributed by atoms with Gasteiger partial charge in [-0.1, -0.05) is 12.1 Å². The minimum absolute atomic E-state index is 0.104.